The second kappa shape index (κ2) is 5.53. The summed E-state index contributed by atoms with van der Waals surface area (Å²) < 4.78 is 30.4. The van der Waals surface area contributed by atoms with Gasteiger partial charge in [0.15, 0.2) is 0 Å². The number of sulfonamides is 1. The first-order chi connectivity index (χ1) is 7.03. The Bertz CT molecular complexity index is 374. The lowest BCUT2D eigenvalue weighted by Gasteiger charge is -2.08. The Hall–Kier alpha value is -0.520. The minimum Gasteiger partial charge on any atom is -0.468 e. The Morgan fingerprint density at radius 2 is 2.33 bits per heavy atom. The zero-order valence-electron chi connectivity index (χ0n) is 8.44. The monoisotopic (exact) mass is 251 g/mol. The van der Waals surface area contributed by atoms with E-state index >= 15 is 0 Å². The van der Waals surface area contributed by atoms with Crippen LogP contribution in [-0.2, 0) is 16.6 Å². The van der Waals surface area contributed by atoms with Crippen LogP contribution >= 0.6 is 11.6 Å². The zero-order valence-corrected chi connectivity index (χ0v) is 10.0. The van der Waals surface area contributed by atoms with Gasteiger partial charge >= 0.3 is 0 Å². The van der Waals surface area contributed by atoms with Gasteiger partial charge in [0.25, 0.3) is 0 Å². The fourth-order valence-electron chi connectivity index (χ4n) is 1.07. The van der Waals surface area contributed by atoms with Gasteiger partial charge in [-0.25, -0.2) is 13.1 Å². The van der Waals surface area contributed by atoms with Gasteiger partial charge in [-0.3, -0.25) is 0 Å². The van der Waals surface area contributed by atoms with Crippen molar-refractivity contribution in [2.45, 2.75) is 13.5 Å². The van der Waals surface area contributed by atoms with Crippen LogP contribution < -0.4 is 4.72 Å². The Morgan fingerprint density at radius 1 is 1.60 bits per heavy atom. The van der Waals surface area contributed by atoms with E-state index in [-0.39, 0.29) is 18.2 Å². The van der Waals surface area contributed by atoms with Gasteiger partial charge in [-0.2, -0.15) is 0 Å². The molecule has 86 valence electrons. The van der Waals surface area contributed by atoms with E-state index in [2.05, 4.69) is 4.72 Å². The van der Waals surface area contributed by atoms with E-state index in [4.69, 9.17) is 16.0 Å². The molecule has 1 rings (SSSR count). The number of hydrogen-bond donors (Lipinski definition) is 1. The third-order valence-corrected chi connectivity index (χ3v) is 3.93. The van der Waals surface area contributed by atoms with Gasteiger partial charge in [0.05, 0.1) is 18.6 Å². The highest BCUT2D eigenvalue weighted by atomic mass is 35.5. The molecule has 6 heteroatoms. The van der Waals surface area contributed by atoms with Crippen LogP contribution in [0.3, 0.4) is 0 Å². The standard InChI is InChI=1S/C9H14ClNO3S/c1-8(5-10)7-15(12,13)11-6-9-3-2-4-14-9/h2-4,8,11H,5-7H2,1H3. The van der Waals surface area contributed by atoms with Crippen LogP contribution in [0.25, 0.3) is 0 Å². The summed E-state index contributed by atoms with van der Waals surface area (Å²) in [6.45, 7) is 1.98. The maximum Gasteiger partial charge on any atom is 0.212 e. The van der Waals surface area contributed by atoms with Crippen LogP contribution in [-0.4, -0.2) is 20.1 Å². The van der Waals surface area contributed by atoms with Gasteiger partial charge in [0.1, 0.15) is 5.76 Å². The van der Waals surface area contributed by atoms with Crippen molar-refractivity contribution in [1.29, 1.82) is 0 Å². The third kappa shape index (κ3) is 4.68. The SMILES string of the molecule is CC(CCl)CS(=O)(=O)NCc1ccco1. The van der Waals surface area contributed by atoms with E-state index in [1.807, 2.05) is 0 Å². The summed E-state index contributed by atoms with van der Waals surface area (Å²) in [4.78, 5) is 0. The van der Waals surface area contributed by atoms with Gasteiger partial charge < -0.3 is 4.42 Å². The zero-order chi connectivity index (χ0) is 11.3. The van der Waals surface area contributed by atoms with Crippen molar-refractivity contribution in [1.82, 2.24) is 4.72 Å². The summed E-state index contributed by atoms with van der Waals surface area (Å²) in [5, 5.41) is 0. The second-order valence-electron chi connectivity index (χ2n) is 3.44. The molecule has 0 fully saturated rings. The molecule has 1 N–H and O–H groups in total. The number of furan rings is 1. The maximum absolute atomic E-state index is 11.5. The minimum atomic E-state index is -3.26. The largest absolute Gasteiger partial charge is 0.468 e. The van der Waals surface area contributed by atoms with Crippen molar-refractivity contribution in [2.75, 3.05) is 11.6 Å². The molecular formula is C9H14ClNO3S. The first-order valence-electron chi connectivity index (χ1n) is 4.59. The van der Waals surface area contributed by atoms with Crippen LogP contribution in [0.5, 0.6) is 0 Å². The molecule has 0 spiro atoms. The average Bonchev–Trinajstić information content (AvgIpc) is 2.66. The summed E-state index contributed by atoms with van der Waals surface area (Å²) in [7, 11) is -3.26. The molecule has 0 aliphatic heterocycles. The van der Waals surface area contributed by atoms with Crippen molar-refractivity contribution < 1.29 is 12.8 Å². The Kier molecular flexibility index (Phi) is 4.63. The van der Waals surface area contributed by atoms with Gasteiger partial charge in [-0.05, 0) is 18.1 Å². The van der Waals surface area contributed by atoms with Crippen molar-refractivity contribution >= 4 is 21.6 Å². The molecule has 0 amide bonds. The molecule has 0 bridgehead atoms. The molecule has 0 aromatic carbocycles. The van der Waals surface area contributed by atoms with Gasteiger partial charge in [0.2, 0.25) is 10.0 Å². The first kappa shape index (κ1) is 12.5. The van der Waals surface area contributed by atoms with Gasteiger partial charge in [-0.15, -0.1) is 11.6 Å². The molecule has 1 atom stereocenters. The van der Waals surface area contributed by atoms with Gasteiger partial charge in [0, 0.05) is 5.88 Å². The molecule has 1 unspecified atom stereocenters. The second-order valence-corrected chi connectivity index (χ2v) is 5.60. The molecule has 1 aromatic heterocycles. The lowest BCUT2D eigenvalue weighted by molar-refractivity contribution is 0.497. The van der Waals surface area contributed by atoms with Crippen LogP contribution in [0.2, 0.25) is 0 Å². The fourth-order valence-corrected chi connectivity index (χ4v) is 2.66. The van der Waals surface area contributed by atoms with E-state index in [1.165, 1.54) is 6.26 Å². The summed E-state index contributed by atoms with van der Waals surface area (Å²) in [6, 6.07) is 3.43. The molecule has 1 aromatic rings. The molecule has 0 radical (unpaired) electrons. The summed E-state index contributed by atoms with van der Waals surface area (Å²) in [5.74, 6) is 0.914. The van der Waals surface area contributed by atoms with E-state index < -0.39 is 10.0 Å². The highest BCUT2D eigenvalue weighted by Gasteiger charge is 2.14. The molecule has 0 aliphatic carbocycles. The van der Waals surface area contributed by atoms with Crippen LogP contribution in [0.1, 0.15) is 12.7 Å². The summed E-state index contributed by atoms with van der Waals surface area (Å²) in [5.41, 5.74) is 0. The molecular weight excluding hydrogens is 238 g/mol. The average molecular weight is 252 g/mol. The minimum absolute atomic E-state index is 0.0389. The van der Waals surface area contributed by atoms with Crippen LogP contribution in [0.4, 0.5) is 0 Å². The number of alkyl halides is 1. The predicted octanol–water partition coefficient (Wildman–Crippen LogP) is 1.57. The Morgan fingerprint density at radius 3 is 2.87 bits per heavy atom. The smallest absolute Gasteiger partial charge is 0.212 e. The topological polar surface area (TPSA) is 59.3 Å². The molecule has 0 saturated carbocycles. The van der Waals surface area contributed by atoms with E-state index in [0.717, 1.165) is 0 Å². The number of nitrogens with one attached hydrogen (secondary N) is 1. The van der Waals surface area contributed by atoms with Crippen LogP contribution in [0, 0.1) is 5.92 Å². The van der Waals surface area contributed by atoms with Gasteiger partial charge in [-0.1, -0.05) is 6.92 Å². The summed E-state index contributed by atoms with van der Waals surface area (Å²) in [6.07, 6.45) is 1.50. The van der Waals surface area contributed by atoms with E-state index in [0.29, 0.717) is 11.6 Å². The fraction of sp³-hybridized carbons (Fsp3) is 0.556. The van der Waals surface area contributed by atoms with Crippen molar-refractivity contribution in [3.8, 4) is 0 Å². The highest BCUT2D eigenvalue weighted by molar-refractivity contribution is 7.89. The molecule has 0 saturated heterocycles. The van der Waals surface area contributed by atoms with E-state index in [1.54, 1.807) is 19.1 Å². The maximum atomic E-state index is 11.5. The lowest BCUT2D eigenvalue weighted by atomic mass is 10.3. The highest BCUT2D eigenvalue weighted by Crippen LogP contribution is 2.04. The van der Waals surface area contributed by atoms with Crippen molar-refractivity contribution in [3.05, 3.63) is 24.2 Å². The lowest BCUT2D eigenvalue weighted by Crippen LogP contribution is -2.29. The molecule has 1 heterocycles. The molecule has 15 heavy (non-hydrogen) atoms. The number of hydrogen-bond acceptors (Lipinski definition) is 3. The molecule has 0 aliphatic rings. The Labute approximate surface area is 94.7 Å². The number of halogens is 1. The van der Waals surface area contributed by atoms with E-state index in [9.17, 15) is 8.42 Å². The number of rotatable bonds is 6. The van der Waals surface area contributed by atoms with Crippen molar-refractivity contribution in [2.24, 2.45) is 5.92 Å². The normalized spacial score (nSPS) is 14.0. The van der Waals surface area contributed by atoms with Crippen molar-refractivity contribution in [3.63, 3.8) is 0 Å². The predicted molar refractivity (Wildman–Crippen MR) is 59.2 cm³/mol. The Balaban J connectivity index is 2.43. The summed E-state index contributed by atoms with van der Waals surface area (Å²) >= 11 is 5.55. The first-order valence-corrected chi connectivity index (χ1v) is 6.78. The third-order valence-electron chi connectivity index (χ3n) is 1.81. The van der Waals surface area contributed by atoms with Crippen LogP contribution in [0.15, 0.2) is 22.8 Å². The quantitative estimate of drug-likeness (QED) is 0.781. The molecule has 4 nitrogen and oxygen atoms in total.